The predicted molar refractivity (Wildman–Crippen MR) is 35.4 cm³/mol. The summed E-state index contributed by atoms with van der Waals surface area (Å²) >= 11 is 0. The van der Waals surface area contributed by atoms with Crippen LogP contribution in [-0.4, -0.2) is 6.61 Å². The number of hydrogen-bond acceptors (Lipinski definition) is 1. The van der Waals surface area contributed by atoms with E-state index in [1.165, 1.54) is 0 Å². The molecule has 0 aliphatic carbocycles. The van der Waals surface area contributed by atoms with Gasteiger partial charge in [0.15, 0.2) is 0 Å². The van der Waals surface area contributed by atoms with Gasteiger partial charge in [-0.15, -0.1) is 0 Å². The molecule has 8 heavy (non-hydrogen) atoms. The van der Waals surface area contributed by atoms with Gasteiger partial charge in [-0.05, 0) is 13.3 Å². The molecule has 0 spiro atoms. The number of ether oxygens (including phenoxy) is 1. The van der Waals surface area contributed by atoms with Gasteiger partial charge in [-0.3, -0.25) is 0 Å². The first-order valence-corrected chi connectivity index (χ1v) is 2.96. The minimum Gasteiger partial charge on any atom is -0.371 e. The molecule has 1 heteroatoms. The average Bonchev–Trinajstić information content (AvgIpc) is 1.81. The van der Waals surface area contributed by atoms with Crippen molar-refractivity contribution in [3.63, 3.8) is 0 Å². The number of allylic oxidation sites excluding steroid dienone is 1. The first-order chi connectivity index (χ1) is 3.91. The highest BCUT2D eigenvalue weighted by Crippen LogP contribution is 1.86. The summed E-state index contributed by atoms with van der Waals surface area (Å²) in [6.07, 6.45) is 4.94. The Morgan fingerprint density at radius 2 is 2.25 bits per heavy atom. The monoisotopic (exact) mass is 113 g/mol. The minimum atomic E-state index is 0.713. The van der Waals surface area contributed by atoms with E-state index in [0.717, 1.165) is 6.42 Å². The summed E-state index contributed by atoms with van der Waals surface area (Å²) < 4.78 is 5.01. The zero-order chi connectivity index (χ0) is 6.24. The second-order valence-electron chi connectivity index (χ2n) is 1.48. The summed E-state index contributed by atoms with van der Waals surface area (Å²) in [5, 5.41) is 0. The van der Waals surface area contributed by atoms with E-state index in [2.05, 4.69) is 6.92 Å². The fourth-order valence-corrected chi connectivity index (χ4v) is 0.338. The van der Waals surface area contributed by atoms with Gasteiger partial charge in [0.2, 0.25) is 0 Å². The van der Waals surface area contributed by atoms with Gasteiger partial charge >= 0.3 is 0 Å². The lowest BCUT2D eigenvalue weighted by molar-refractivity contribution is 0.227. The molecule has 0 fully saturated rings. The van der Waals surface area contributed by atoms with Crippen molar-refractivity contribution >= 4 is 0 Å². The van der Waals surface area contributed by atoms with E-state index in [9.17, 15) is 0 Å². The van der Waals surface area contributed by atoms with Crippen LogP contribution in [0, 0.1) is 6.61 Å². The molecule has 0 saturated heterocycles. The Hall–Kier alpha value is -0.300. The molecule has 0 aromatic carbocycles. The van der Waals surface area contributed by atoms with Crippen LogP contribution in [0.25, 0.3) is 0 Å². The minimum absolute atomic E-state index is 0.713. The van der Waals surface area contributed by atoms with E-state index in [1.54, 1.807) is 6.61 Å². The number of rotatable bonds is 4. The Morgan fingerprint density at radius 1 is 1.50 bits per heavy atom. The topological polar surface area (TPSA) is 9.23 Å². The molecule has 0 bridgehead atoms. The smallest absolute Gasteiger partial charge is 0.0838 e. The van der Waals surface area contributed by atoms with E-state index in [-0.39, 0.29) is 0 Å². The molecule has 0 atom stereocenters. The highest BCUT2D eigenvalue weighted by molar-refractivity contribution is 4.76. The van der Waals surface area contributed by atoms with Gasteiger partial charge in [0.05, 0.1) is 13.2 Å². The van der Waals surface area contributed by atoms with Crippen LogP contribution in [0.4, 0.5) is 0 Å². The third-order valence-corrected chi connectivity index (χ3v) is 0.713. The third-order valence-electron chi connectivity index (χ3n) is 0.713. The summed E-state index contributed by atoms with van der Waals surface area (Å²) in [5.74, 6) is 0. The van der Waals surface area contributed by atoms with Gasteiger partial charge in [0.1, 0.15) is 0 Å². The van der Waals surface area contributed by atoms with Gasteiger partial charge in [0.25, 0.3) is 0 Å². The van der Waals surface area contributed by atoms with Gasteiger partial charge in [-0.2, -0.15) is 0 Å². The van der Waals surface area contributed by atoms with Crippen LogP contribution in [0.3, 0.4) is 0 Å². The van der Waals surface area contributed by atoms with Crippen molar-refractivity contribution < 1.29 is 4.74 Å². The summed E-state index contributed by atoms with van der Waals surface area (Å²) in [7, 11) is 0. The predicted octanol–water partition coefficient (Wildman–Crippen LogP) is 2.15. The maximum absolute atomic E-state index is 5.01. The van der Waals surface area contributed by atoms with Crippen molar-refractivity contribution in [3.05, 3.63) is 18.8 Å². The third kappa shape index (κ3) is 5.70. The molecule has 0 aliphatic rings. The molecule has 47 valence electrons. The Bertz CT molecular complexity index is 57.4. The van der Waals surface area contributed by atoms with Crippen LogP contribution in [0.2, 0.25) is 0 Å². The molecular weight excluding hydrogens is 100 g/mol. The van der Waals surface area contributed by atoms with E-state index >= 15 is 0 Å². The highest BCUT2D eigenvalue weighted by Gasteiger charge is 1.77. The maximum Gasteiger partial charge on any atom is 0.0838 e. The summed E-state index contributed by atoms with van der Waals surface area (Å²) in [4.78, 5) is 0. The first kappa shape index (κ1) is 7.70. The van der Waals surface area contributed by atoms with Crippen LogP contribution >= 0.6 is 0 Å². The van der Waals surface area contributed by atoms with Gasteiger partial charge in [0, 0.05) is 0 Å². The van der Waals surface area contributed by atoms with E-state index in [4.69, 9.17) is 4.74 Å². The zero-order valence-electron chi connectivity index (χ0n) is 5.55. The van der Waals surface area contributed by atoms with Crippen LogP contribution in [0.1, 0.15) is 20.3 Å². The van der Waals surface area contributed by atoms with Crippen LogP contribution < -0.4 is 0 Å². The summed E-state index contributed by atoms with van der Waals surface area (Å²) in [6.45, 7) is 6.55. The van der Waals surface area contributed by atoms with Crippen molar-refractivity contribution in [1.29, 1.82) is 0 Å². The van der Waals surface area contributed by atoms with E-state index < -0.39 is 0 Å². The number of hydrogen-bond donors (Lipinski definition) is 0. The standard InChI is InChI=1S/C7H13O/c1-3-5-7-8-6-4-2/h3,5-6H,4,7H2,1-2H3/b5-3+. The van der Waals surface area contributed by atoms with Crippen LogP contribution in [0.15, 0.2) is 12.2 Å². The molecule has 0 amide bonds. The Balaban J connectivity index is 2.72. The molecular formula is C7H13O. The molecule has 1 radical (unpaired) electrons. The van der Waals surface area contributed by atoms with Crippen molar-refractivity contribution in [2.45, 2.75) is 20.3 Å². The SMILES string of the molecule is C/C=C/CO[CH]CC. The molecule has 0 rings (SSSR count). The van der Waals surface area contributed by atoms with Crippen molar-refractivity contribution in [2.75, 3.05) is 6.61 Å². The molecule has 0 heterocycles. The lowest BCUT2D eigenvalue weighted by Crippen LogP contribution is -1.84. The summed E-state index contributed by atoms with van der Waals surface area (Å²) in [6, 6.07) is 0. The second kappa shape index (κ2) is 6.70. The second-order valence-corrected chi connectivity index (χ2v) is 1.48. The Labute approximate surface area is 51.4 Å². The molecule has 0 aromatic heterocycles. The van der Waals surface area contributed by atoms with Crippen molar-refractivity contribution in [3.8, 4) is 0 Å². The van der Waals surface area contributed by atoms with Crippen LogP contribution in [-0.2, 0) is 4.74 Å². The normalized spacial score (nSPS) is 10.8. The van der Waals surface area contributed by atoms with E-state index in [0.29, 0.717) is 6.61 Å². The summed E-state index contributed by atoms with van der Waals surface area (Å²) in [5.41, 5.74) is 0. The lowest BCUT2D eigenvalue weighted by Gasteiger charge is -1.92. The van der Waals surface area contributed by atoms with Crippen molar-refractivity contribution in [1.82, 2.24) is 0 Å². The molecule has 0 saturated carbocycles. The average molecular weight is 113 g/mol. The molecule has 0 aliphatic heterocycles. The van der Waals surface area contributed by atoms with Crippen molar-refractivity contribution in [2.24, 2.45) is 0 Å². The first-order valence-electron chi connectivity index (χ1n) is 2.96. The van der Waals surface area contributed by atoms with Gasteiger partial charge in [-0.1, -0.05) is 19.1 Å². The van der Waals surface area contributed by atoms with E-state index in [1.807, 2.05) is 19.1 Å². The van der Waals surface area contributed by atoms with Gasteiger partial charge < -0.3 is 4.74 Å². The van der Waals surface area contributed by atoms with Crippen LogP contribution in [0.5, 0.6) is 0 Å². The maximum atomic E-state index is 5.01. The highest BCUT2D eigenvalue weighted by atomic mass is 16.5. The molecule has 1 nitrogen and oxygen atoms in total. The molecule has 0 N–H and O–H groups in total. The molecule has 0 aromatic rings. The fourth-order valence-electron chi connectivity index (χ4n) is 0.338. The Morgan fingerprint density at radius 3 is 2.75 bits per heavy atom. The lowest BCUT2D eigenvalue weighted by atomic mass is 10.5. The van der Waals surface area contributed by atoms with Gasteiger partial charge in [-0.25, -0.2) is 0 Å². The Kier molecular flexibility index (Phi) is 6.45. The quantitative estimate of drug-likeness (QED) is 0.401. The zero-order valence-corrected chi connectivity index (χ0v) is 5.55. The molecule has 0 unspecified atom stereocenters. The largest absolute Gasteiger partial charge is 0.371 e. The fraction of sp³-hybridized carbons (Fsp3) is 0.571.